The van der Waals surface area contributed by atoms with Gasteiger partial charge in [-0.2, -0.15) is 0 Å². The van der Waals surface area contributed by atoms with E-state index in [0.29, 0.717) is 13.2 Å². The Morgan fingerprint density at radius 2 is 0.889 bits per heavy atom. The molecule has 0 aliphatic heterocycles. The Morgan fingerprint density at radius 3 is 1.30 bits per heavy atom. The van der Waals surface area contributed by atoms with E-state index in [1.54, 1.807) is 6.92 Å². The summed E-state index contributed by atoms with van der Waals surface area (Å²) in [4.78, 5) is 22.5. The van der Waals surface area contributed by atoms with Crippen LogP contribution in [0.5, 0.6) is 0 Å². The molecular weight excluding hydrogens is 340 g/mol. The molecule has 0 N–H and O–H groups in total. The first kappa shape index (κ1) is 25.9. The topological polar surface area (TPSA) is 52.6 Å². The fourth-order valence-electron chi connectivity index (χ4n) is 3.22. The van der Waals surface area contributed by atoms with E-state index in [4.69, 9.17) is 9.47 Å². The molecule has 0 unspecified atom stereocenters. The maximum atomic E-state index is 11.4. The van der Waals surface area contributed by atoms with Crippen LogP contribution in [0.2, 0.25) is 0 Å². The largest absolute Gasteiger partial charge is 0.466 e. The molecule has 27 heavy (non-hydrogen) atoms. The van der Waals surface area contributed by atoms with Gasteiger partial charge >= 0.3 is 11.9 Å². The monoisotopic (exact) mass is 384 g/mol. The maximum Gasteiger partial charge on any atom is 0.317 e. The second kappa shape index (κ2) is 21.2. The lowest BCUT2D eigenvalue weighted by molar-refractivity contribution is -0.154. The minimum Gasteiger partial charge on any atom is -0.466 e. The number of ether oxygens (including phenoxy) is 2. The minimum absolute atomic E-state index is 0.271. The zero-order valence-electron chi connectivity index (χ0n) is 18.1. The van der Waals surface area contributed by atoms with Crippen molar-refractivity contribution in [1.29, 1.82) is 0 Å². The number of hydrogen-bond donors (Lipinski definition) is 0. The van der Waals surface area contributed by atoms with Crippen molar-refractivity contribution in [3.8, 4) is 0 Å². The molecule has 0 aliphatic rings. The van der Waals surface area contributed by atoms with Crippen molar-refractivity contribution < 1.29 is 19.1 Å². The molecule has 0 aromatic carbocycles. The molecule has 0 rings (SSSR count). The molecule has 0 atom stereocenters. The molecule has 4 nitrogen and oxygen atoms in total. The molecule has 0 bridgehead atoms. The highest BCUT2D eigenvalue weighted by Gasteiger charge is 2.10. The van der Waals surface area contributed by atoms with Crippen molar-refractivity contribution in [2.24, 2.45) is 0 Å². The van der Waals surface area contributed by atoms with Crippen LogP contribution < -0.4 is 0 Å². The standard InChI is InChI=1S/C23H44O4/c1-3-5-6-7-8-9-10-11-12-13-14-15-16-17-18-19-20-27-23(25)21-22(24)26-4-2/h3-21H2,1-2H3. The van der Waals surface area contributed by atoms with E-state index >= 15 is 0 Å². The fraction of sp³-hybridized carbons (Fsp3) is 0.913. The molecule has 0 radical (unpaired) electrons. The van der Waals surface area contributed by atoms with Gasteiger partial charge in [0.15, 0.2) is 0 Å². The second-order valence-electron chi connectivity index (χ2n) is 7.51. The SMILES string of the molecule is CCCCCCCCCCCCCCCCCCOC(=O)CC(=O)OCC. The van der Waals surface area contributed by atoms with Crippen molar-refractivity contribution in [3.63, 3.8) is 0 Å². The predicted octanol–water partition coefficient (Wildman–Crippen LogP) is 6.74. The number of rotatable bonds is 20. The minimum atomic E-state index is -0.505. The first-order valence-electron chi connectivity index (χ1n) is 11.5. The summed E-state index contributed by atoms with van der Waals surface area (Å²) >= 11 is 0. The third-order valence-corrected chi connectivity index (χ3v) is 4.85. The summed E-state index contributed by atoms with van der Waals surface area (Å²) in [5, 5.41) is 0. The number of esters is 2. The fourth-order valence-corrected chi connectivity index (χ4v) is 3.22. The van der Waals surface area contributed by atoms with Crippen LogP contribution in [-0.4, -0.2) is 25.2 Å². The Labute approximate surface area is 167 Å². The zero-order chi connectivity index (χ0) is 20.0. The van der Waals surface area contributed by atoms with Crippen LogP contribution in [0.25, 0.3) is 0 Å². The third-order valence-electron chi connectivity index (χ3n) is 4.85. The summed E-state index contributed by atoms with van der Waals surface area (Å²) in [6, 6.07) is 0. The number of hydrogen-bond acceptors (Lipinski definition) is 4. The lowest BCUT2D eigenvalue weighted by atomic mass is 10.0. The number of unbranched alkanes of at least 4 members (excludes halogenated alkanes) is 15. The quantitative estimate of drug-likeness (QED) is 0.132. The lowest BCUT2D eigenvalue weighted by Gasteiger charge is -2.05. The molecule has 0 aromatic rings. The normalized spacial score (nSPS) is 10.7. The van der Waals surface area contributed by atoms with Gasteiger partial charge in [0.1, 0.15) is 6.42 Å². The van der Waals surface area contributed by atoms with Crippen LogP contribution in [-0.2, 0) is 19.1 Å². The van der Waals surface area contributed by atoms with Crippen molar-refractivity contribution in [2.75, 3.05) is 13.2 Å². The first-order valence-corrected chi connectivity index (χ1v) is 11.5. The number of carbonyl (C=O) groups excluding carboxylic acids is 2. The van der Waals surface area contributed by atoms with Gasteiger partial charge in [0.2, 0.25) is 0 Å². The smallest absolute Gasteiger partial charge is 0.317 e. The highest BCUT2D eigenvalue weighted by molar-refractivity contribution is 5.91. The van der Waals surface area contributed by atoms with Gasteiger partial charge in [-0.1, -0.05) is 103 Å². The summed E-state index contributed by atoms with van der Waals surface area (Å²) < 4.78 is 9.75. The molecule has 0 spiro atoms. The van der Waals surface area contributed by atoms with E-state index in [2.05, 4.69) is 6.92 Å². The third kappa shape index (κ3) is 21.1. The van der Waals surface area contributed by atoms with Gasteiger partial charge < -0.3 is 9.47 Å². The van der Waals surface area contributed by atoms with Gasteiger partial charge in [-0.05, 0) is 13.3 Å². The van der Waals surface area contributed by atoms with Crippen LogP contribution in [0.1, 0.15) is 123 Å². The molecule has 0 amide bonds. The van der Waals surface area contributed by atoms with Gasteiger partial charge in [0.05, 0.1) is 13.2 Å². The van der Waals surface area contributed by atoms with Gasteiger partial charge in [-0.25, -0.2) is 0 Å². The van der Waals surface area contributed by atoms with E-state index in [1.807, 2.05) is 0 Å². The van der Waals surface area contributed by atoms with Crippen molar-refractivity contribution in [1.82, 2.24) is 0 Å². The van der Waals surface area contributed by atoms with Crippen molar-refractivity contribution >= 4 is 11.9 Å². The molecule has 0 saturated heterocycles. The van der Waals surface area contributed by atoms with Crippen LogP contribution in [0.15, 0.2) is 0 Å². The first-order chi connectivity index (χ1) is 13.2. The summed E-state index contributed by atoms with van der Waals surface area (Å²) in [7, 11) is 0. The molecule has 0 aliphatic carbocycles. The molecule has 4 heteroatoms. The van der Waals surface area contributed by atoms with E-state index in [9.17, 15) is 9.59 Å². The van der Waals surface area contributed by atoms with Crippen LogP contribution in [0.4, 0.5) is 0 Å². The van der Waals surface area contributed by atoms with E-state index in [0.717, 1.165) is 12.8 Å². The second-order valence-corrected chi connectivity index (χ2v) is 7.51. The van der Waals surface area contributed by atoms with Gasteiger partial charge in [0, 0.05) is 0 Å². The van der Waals surface area contributed by atoms with Crippen LogP contribution in [0, 0.1) is 0 Å². The maximum absolute atomic E-state index is 11.4. The highest BCUT2D eigenvalue weighted by atomic mass is 16.6. The predicted molar refractivity (Wildman–Crippen MR) is 112 cm³/mol. The Bertz CT molecular complexity index is 341. The Morgan fingerprint density at radius 1 is 0.519 bits per heavy atom. The molecule has 0 saturated carbocycles. The lowest BCUT2D eigenvalue weighted by Crippen LogP contribution is -2.14. The average Bonchev–Trinajstić information content (AvgIpc) is 2.64. The molecule has 160 valence electrons. The summed E-state index contributed by atoms with van der Waals surface area (Å²) in [6.45, 7) is 4.70. The zero-order valence-corrected chi connectivity index (χ0v) is 18.1. The summed E-state index contributed by atoms with van der Waals surface area (Å²) in [5.74, 6) is -0.983. The van der Waals surface area contributed by atoms with Gasteiger partial charge in [-0.3, -0.25) is 9.59 Å². The Kier molecular flexibility index (Phi) is 20.4. The molecule has 0 fully saturated rings. The highest BCUT2D eigenvalue weighted by Crippen LogP contribution is 2.13. The Hall–Kier alpha value is -1.06. The van der Waals surface area contributed by atoms with E-state index in [-0.39, 0.29) is 6.42 Å². The molecule has 0 aromatic heterocycles. The average molecular weight is 385 g/mol. The van der Waals surface area contributed by atoms with Crippen LogP contribution >= 0.6 is 0 Å². The molecular formula is C23H44O4. The van der Waals surface area contributed by atoms with Gasteiger partial charge in [0.25, 0.3) is 0 Å². The van der Waals surface area contributed by atoms with E-state index in [1.165, 1.54) is 89.9 Å². The summed E-state index contributed by atoms with van der Waals surface area (Å²) in [6.07, 6.45) is 20.9. The Balaban J connectivity index is 3.14. The molecule has 0 heterocycles. The number of carbonyl (C=O) groups is 2. The van der Waals surface area contributed by atoms with Gasteiger partial charge in [-0.15, -0.1) is 0 Å². The van der Waals surface area contributed by atoms with Crippen molar-refractivity contribution in [2.45, 2.75) is 123 Å². The van der Waals surface area contributed by atoms with Crippen LogP contribution in [0.3, 0.4) is 0 Å². The summed E-state index contributed by atoms with van der Waals surface area (Å²) in [5.41, 5.74) is 0. The van der Waals surface area contributed by atoms with E-state index < -0.39 is 11.9 Å². The van der Waals surface area contributed by atoms with Crippen molar-refractivity contribution in [3.05, 3.63) is 0 Å².